The third kappa shape index (κ3) is 9.06. The summed E-state index contributed by atoms with van der Waals surface area (Å²) in [5, 5.41) is 44.7. The highest BCUT2D eigenvalue weighted by atomic mass is 16.5. The van der Waals surface area contributed by atoms with Gasteiger partial charge >= 0.3 is 0 Å². The molecule has 0 aliphatic heterocycles. The first-order valence-corrected chi connectivity index (χ1v) is 19.6. The van der Waals surface area contributed by atoms with Gasteiger partial charge in [-0.3, -0.25) is 9.69 Å². The molecule has 0 unspecified atom stereocenters. The number of carbonyl (C=O) groups is 1. The molecule has 55 heavy (non-hydrogen) atoms. The number of aliphatic hydroxyl groups is 4. The minimum Gasteiger partial charge on any atom is -0.497 e. The van der Waals surface area contributed by atoms with Crippen LogP contribution in [0.3, 0.4) is 0 Å². The van der Waals surface area contributed by atoms with E-state index in [2.05, 4.69) is 38.1 Å². The summed E-state index contributed by atoms with van der Waals surface area (Å²) >= 11 is 0. The van der Waals surface area contributed by atoms with Gasteiger partial charge in [0.05, 0.1) is 38.6 Å². The van der Waals surface area contributed by atoms with Gasteiger partial charge < -0.3 is 29.9 Å². The number of benzene rings is 4. The molecule has 8 heteroatoms. The molecule has 0 spiro atoms. The molecule has 0 saturated heterocycles. The smallest absolute Gasteiger partial charge is 0.193 e. The molecule has 0 radical (unpaired) electrons. The number of aliphatic hydroxyl groups excluding tert-OH is 3. The van der Waals surface area contributed by atoms with E-state index in [1.54, 1.807) is 14.2 Å². The van der Waals surface area contributed by atoms with Crippen LogP contribution in [0.2, 0.25) is 0 Å². The molecule has 3 aliphatic rings. The van der Waals surface area contributed by atoms with Gasteiger partial charge in [-0.2, -0.15) is 0 Å². The fraction of sp³-hybridized carbons (Fsp3) is 0.426. The molecule has 2 bridgehead atoms. The van der Waals surface area contributed by atoms with E-state index in [0.717, 1.165) is 40.7 Å². The van der Waals surface area contributed by atoms with Gasteiger partial charge in [0.1, 0.15) is 11.5 Å². The van der Waals surface area contributed by atoms with Crippen LogP contribution in [-0.2, 0) is 13.0 Å². The molecular weight excluding hydrogens is 691 g/mol. The fourth-order valence-corrected chi connectivity index (χ4v) is 8.93. The van der Waals surface area contributed by atoms with E-state index in [-0.39, 0.29) is 24.8 Å². The largest absolute Gasteiger partial charge is 0.497 e. The summed E-state index contributed by atoms with van der Waals surface area (Å²) in [4.78, 5) is 16.7. The molecule has 4 aromatic carbocycles. The van der Waals surface area contributed by atoms with Crippen LogP contribution < -0.4 is 9.47 Å². The lowest BCUT2D eigenvalue weighted by atomic mass is 9.64. The molecule has 0 heterocycles. The van der Waals surface area contributed by atoms with E-state index in [1.165, 1.54) is 5.57 Å². The molecule has 0 aromatic heterocycles. The van der Waals surface area contributed by atoms with Crippen LogP contribution in [0.5, 0.6) is 11.5 Å². The second kappa shape index (κ2) is 17.7. The van der Waals surface area contributed by atoms with Crippen LogP contribution in [0.15, 0.2) is 103 Å². The van der Waals surface area contributed by atoms with Gasteiger partial charge in [0, 0.05) is 47.8 Å². The Bertz CT molecular complexity index is 1940. The van der Waals surface area contributed by atoms with E-state index >= 15 is 0 Å². The lowest BCUT2D eigenvalue weighted by molar-refractivity contribution is -0.0908. The maximum Gasteiger partial charge on any atom is 0.193 e. The summed E-state index contributed by atoms with van der Waals surface area (Å²) in [7, 11) is 3.21. The predicted molar refractivity (Wildman–Crippen MR) is 217 cm³/mol. The van der Waals surface area contributed by atoms with Crippen molar-refractivity contribution >= 4 is 5.78 Å². The predicted octanol–water partition coefficient (Wildman–Crippen LogP) is 7.50. The molecule has 7 rings (SSSR count). The maximum absolute atomic E-state index is 14.6. The van der Waals surface area contributed by atoms with Crippen molar-refractivity contribution in [1.82, 2.24) is 4.90 Å². The first-order valence-electron chi connectivity index (χ1n) is 19.6. The first-order chi connectivity index (χ1) is 26.5. The van der Waals surface area contributed by atoms with Crippen LogP contribution in [0.1, 0.15) is 90.9 Å². The van der Waals surface area contributed by atoms with Crippen LogP contribution in [-0.4, -0.2) is 82.8 Å². The van der Waals surface area contributed by atoms with Gasteiger partial charge in [-0.05, 0) is 92.2 Å². The molecule has 0 amide bonds. The maximum atomic E-state index is 14.6. The third-order valence-corrected chi connectivity index (χ3v) is 12.2. The number of fused-ring (bicyclic) bond motifs is 8. The number of nitrogens with zero attached hydrogens (tertiary/aromatic N) is 1. The number of carbonyl (C=O) groups excluding carboxylic acids is 1. The Balaban J connectivity index is 1.40. The fourth-order valence-electron chi connectivity index (χ4n) is 8.93. The summed E-state index contributed by atoms with van der Waals surface area (Å²) < 4.78 is 11.1. The number of methoxy groups -OCH3 is 2. The summed E-state index contributed by atoms with van der Waals surface area (Å²) in [6.45, 7) is 4.61. The second-order valence-corrected chi connectivity index (χ2v) is 15.9. The van der Waals surface area contributed by atoms with Crippen LogP contribution in [0, 0.1) is 5.41 Å². The Labute approximate surface area is 326 Å². The van der Waals surface area contributed by atoms with Crippen LogP contribution >= 0.6 is 0 Å². The summed E-state index contributed by atoms with van der Waals surface area (Å²) in [6.07, 6.45) is 5.07. The number of allylic oxidation sites excluding steroid dienone is 2. The highest BCUT2D eigenvalue weighted by Crippen LogP contribution is 2.59. The number of rotatable bonds is 12. The molecule has 292 valence electrons. The van der Waals surface area contributed by atoms with Crippen molar-refractivity contribution in [2.45, 2.75) is 89.1 Å². The average Bonchev–Trinajstić information content (AvgIpc) is 3.45. The van der Waals surface area contributed by atoms with Gasteiger partial charge in [0.15, 0.2) is 5.78 Å². The van der Waals surface area contributed by atoms with Crippen molar-refractivity contribution in [3.8, 4) is 22.6 Å². The topological polar surface area (TPSA) is 120 Å². The average molecular weight is 748 g/mol. The molecule has 4 aromatic rings. The van der Waals surface area contributed by atoms with E-state index in [9.17, 15) is 25.2 Å². The second-order valence-electron chi connectivity index (χ2n) is 15.9. The van der Waals surface area contributed by atoms with E-state index in [4.69, 9.17) is 9.47 Å². The van der Waals surface area contributed by atoms with Crippen molar-refractivity contribution in [3.63, 3.8) is 0 Å². The zero-order valence-electron chi connectivity index (χ0n) is 32.7. The summed E-state index contributed by atoms with van der Waals surface area (Å²) in [5.74, 6) is 1.06. The number of hydrogen-bond donors (Lipinski definition) is 4. The zero-order chi connectivity index (χ0) is 39.2. The first kappa shape index (κ1) is 40.4. The highest BCUT2D eigenvalue weighted by molar-refractivity contribution is 6.10. The monoisotopic (exact) mass is 747 g/mol. The minimum absolute atomic E-state index is 0.0779. The van der Waals surface area contributed by atoms with Crippen LogP contribution in [0.4, 0.5) is 0 Å². The van der Waals surface area contributed by atoms with Gasteiger partial charge in [-0.1, -0.05) is 91.4 Å². The Kier molecular flexibility index (Phi) is 13.0. The van der Waals surface area contributed by atoms with E-state index in [1.807, 2.05) is 77.7 Å². The molecule has 5 atom stereocenters. The van der Waals surface area contributed by atoms with E-state index in [0.29, 0.717) is 61.3 Å². The lowest BCUT2D eigenvalue weighted by Gasteiger charge is -2.46. The lowest BCUT2D eigenvalue weighted by Crippen LogP contribution is -2.53. The molecular formula is C47H57NO7. The van der Waals surface area contributed by atoms with Gasteiger partial charge in [0.25, 0.3) is 0 Å². The normalized spacial score (nSPS) is 23.5. The Hall–Kier alpha value is -4.31. The Morgan fingerprint density at radius 1 is 0.927 bits per heavy atom. The van der Waals surface area contributed by atoms with Gasteiger partial charge in [0.2, 0.25) is 0 Å². The van der Waals surface area contributed by atoms with Gasteiger partial charge in [-0.25, -0.2) is 0 Å². The number of ether oxygens (including phenoxy) is 2. The summed E-state index contributed by atoms with van der Waals surface area (Å²) in [6, 6.07) is 29.5. The van der Waals surface area contributed by atoms with Gasteiger partial charge in [-0.15, -0.1) is 0 Å². The molecule has 3 aliphatic carbocycles. The van der Waals surface area contributed by atoms with Crippen molar-refractivity contribution in [3.05, 3.63) is 130 Å². The number of ketones is 1. The third-order valence-electron chi connectivity index (χ3n) is 12.2. The molecule has 1 fully saturated rings. The number of hydrogen-bond acceptors (Lipinski definition) is 8. The minimum atomic E-state index is -1.21. The van der Waals surface area contributed by atoms with Crippen molar-refractivity contribution in [1.29, 1.82) is 0 Å². The molecule has 8 nitrogen and oxygen atoms in total. The highest BCUT2D eigenvalue weighted by Gasteiger charge is 2.57. The quantitative estimate of drug-likeness (QED) is 0.0870. The molecule has 4 N–H and O–H groups in total. The van der Waals surface area contributed by atoms with Crippen molar-refractivity contribution in [2.75, 3.05) is 33.9 Å². The molecule has 1 saturated carbocycles. The van der Waals surface area contributed by atoms with Crippen molar-refractivity contribution in [2.24, 2.45) is 5.41 Å². The summed E-state index contributed by atoms with van der Waals surface area (Å²) in [5.41, 5.74) is 5.32. The Morgan fingerprint density at radius 2 is 1.67 bits per heavy atom. The Morgan fingerprint density at radius 3 is 2.38 bits per heavy atom. The zero-order valence-corrected chi connectivity index (χ0v) is 32.7. The van der Waals surface area contributed by atoms with E-state index < -0.39 is 29.8 Å². The SMILES string of the molecule is COc1ccc(CN(C[C@H](O)CO)C[C@]2(O)CC[C@H]3c4ccc(cc4C(=O)c4ccc(-c5ccccc5)cc4)C[C@@H](O)CCC(C)=CCC[C@@]32C)c(OC)c1. The van der Waals surface area contributed by atoms with Crippen molar-refractivity contribution < 1.29 is 34.7 Å². The van der Waals surface area contributed by atoms with Crippen LogP contribution in [0.25, 0.3) is 11.1 Å². The standard InChI is InChI=1S/C47H57NO7/c1-32-9-8-23-46(2)43(22-24-47(46,53)31-48(29-39(51)30-49)28-37-18-20-40(54-3)27-44(37)55-4)41-21-13-33(25-38(50)19-12-32)26-42(41)45(52)36-16-14-35(15-17-36)34-10-6-5-7-11-34/h5-7,9-11,13-18,20-21,26-27,38-39,43,49-51,53H,8,12,19,22-25,28-31H2,1-4H3/t38-,39-,43-,46-,47+/m0/s1.